The topological polar surface area (TPSA) is 130 Å². The number of carbonyl (C=O) groups excluding carboxylic acids is 2. The van der Waals surface area contributed by atoms with Crippen LogP contribution in [-0.2, 0) is 25.7 Å². The number of carboxylic acids is 2. The maximum absolute atomic E-state index is 14.6. The summed E-state index contributed by atoms with van der Waals surface area (Å²) in [6.07, 6.45) is 9.71. The number of aromatic carboxylic acids is 1. The van der Waals surface area contributed by atoms with Crippen LogP contribution in [0.15, 0.2) is 24.3 Å². The second kappa shape index (κ2) is 13.1. The quantitative estimate of drug-likeness (QED) is 0.217. The van der Waals surface area contributed by atoms with Gasteiger partial charge in [0.2, 0.25) is 5.91 Å². The first-order valence-electron chi connectivity index (χ1n) is 20.2. The van der Waals surface area contributed by atoms with Gasteiger partial charge in [0.25, 0.3) is 0 Å². The number of hydrogen-bond donors (Lipinski definition) is 3. The van der Waals surface area contributed by atoms with Crippen molar-refractivity contribution in [2.45, 2.75) is 146 Å². The maximum Gasteiger partial charge on any atom is 0.336 e. The molecule has 0 heterocycles. The standard InChI is InChI=1S/C44H65NO7/c1-26(2)28-16-21-44(37(49)45-25-27-12-10-11-13-29(27)36(47)48)23-22-42(8)30(35(28)44)14-15-32-41(7)19-18-33(52-34(46)24-39(3,4)38(50)51)40(5,6)31(41)17-20-43(32,42)9/h10-13,26,28,30-33,35H,14-25H2,1-9H3,(H,45,49)(H,47,48)(H,50,51)/t28-,30+,31-,32+,33-,35+,41-,42+,43+,44-/m0/s1. The summed E-state index contributed by atoms with van der Waals surface area (Å²) in [5.74, 6) is 0.341. The van der Waals surface area contributed by atoms with Gasteiger partial charge in [0, 0.05) is 12.0 Å². The highest BCUT2D eigenvalue weighted by atomic mass is 16.5. The molecular weight excluding hydrogens is 654 g/mol. The first kappa shape index (κ1) is 38.8. The normalized spacial score (nSPS) is 39.3. The third-order valence-corrected chi connectivity index (χ3v) is 16.9. The van der Waals surface area contributed by atoms with E-state index in [0.717, 1.165) is 64.2 Å². The van der Waals surface area contributed by atoms with E-state index < -0.39 is 28.7 Å². The van der Waals surface area contributed by atoms with E-state index in [2.05, 4.69) is 53.8 Å². The summed E-state index contributed by atoms with van der Waals surface area (Å²) in [6.45, 7) is 20.3. The third-order valence-electron chi connectivity index (χ3n) is 16.9. The fraction of sp³-hybridized carbons (Fsp3) is 0.773. The minimum atomic E-state index is -1.16. The van der Waals surface area contributed by atoms with Crippen LogP contribution < -0.4 is 5.32 Å². The zero-order chi connectivity index (χ0) is 38.2. The zero-order valence-corrected chi connectivity index (χ0v) is 33.3. The highest BCUT2D eigenvalue weighted by Crippen LogP contribution is 2.77. The molecule has 1 aromatic carbocycles. The third kappa shape index (κ3) is 5.82. The first-order chi connectivity index (χ1) is 24.2. The molecule has 288 valence electrons. The van der Waals surface area contributed by atoms with Crippen molar-refractivity contribution in [1.82, 2.24) is 5.32 Å². The van der Waals surface area contributed by atoms with Crippen LogP contribution >= 0.6 is 0 Å². The molecule has 8 nitrogen and oxygen atoms in total. The lowest BCUT2D eigenvalue weighted by atomic mass is 9.32. The van der Waals surface area contributed by atoms with Crippen LogP contribution in [-0.4, -0.2) is 40.1 Å². The van der Waals surface area contributed by atoms with Gasteiger partial charge in [0.15, 0.2) is 0 Å². The minimum absolute atomic E-state index is 0.0849. The number of ether oxygens (including phenoxy) is 1. The van der Waals surface area contributed by atoms with Gasteiger partial charge in [-0.25, -0.2) is 4.79 Å². The fourth-order valence-electron chi connectivity index (χ4n) is 13.8. The number of hydrogen-bond acceptors (Lipinski definition) is 5. The summed E-state index contributed by atoms with van der Waals surface area (Å²) in [5.41, 5.74) is -0.658. The average molecular weight is 720 g/mol. The number of benzene rings is 1. The number of esters is 1. The van der Waals surface area contributed by atoms with Gasteiger partial charge >= 0.3 is 17.9 Å². The molecule has 0 aliphatic heterocycles. The van der Waals surface area contributed by atoms with Gasteiger partial charge < -0.3 is 20.3 Å². The van der Waals surface area contributed by atoms with Crippen LogP contribution in [0.4, 0.5) is 0 Å². The van der Waals surface area contributed by atoms with E-state index in [1.807, 2.05) is 6.07 Å². The lowest BCUT2D eigenvalue weighted by Gasteiger charge is -2.73. The van der Waals surface area contributed by atoms with E-state index in [-0.39, 0.29) is 52.2 Å². The summed E-state index contributed by atoms with van der Waals surface area (Å²) >= 11 is 0. The van der Waals surface area contributed by atoms with Gasteiger partial charge in [0.05, 0.1) is 22.8 Å². The Hall–Kier alpha value is -2.90. The van der Waals surface area contributed by atoms with Crippen LogP contribution in [0.1, 0.15) is 149 Å². The molecule has 5 aliphatic carbocycles. The van der Waals surface area contributed by atoms with Gasteiger partial charge in [-0.1, -0.05) is 66.7 Å². The number of carboxylic acid groups (broad SMARTS) is 2. The van der Waals surface area contributed by atoms with Crippen molar-refractivity contribution >= 4 is 23.8 Å². The van der Waals surface area contributed by atoms with Gasteiger partial charge in [-0.3, -0.25) is 14.4 Å². The highest BCUT2D eigenvalue weighted by Gasteiger charge is 2.72. The van der Waals surface area contributed by atoms with Crippen molar-refractivity contribution in [3.8, 4) is 0 Å². The van der Waals surface area contributed by atoms with Gasteiger partial charge in [-0.2, -0.15) is 0 Å². The van der Waals surface area contributed by atoms with Gasteiger partial charge in [0.1, 0.15) is 6.10 Å². The average Bonchev–Trinajstić information content (AvgIpc) is 3.46. The molecule has 0 saturated heterocycles. The van der Waals surface area contributed by atoms with Crippen molar-refractivity contribution in [2.24, 2.45) is 68.0 Å². The van der Waals surface area contributed by atoms with Crippen molar-refractivity contribution in [1.29, 1.82) is 0 Å². The fourth-order valence-corrected chi connectivity index (χ4v) is 13.8. The Kier molecular flexibility index (Phi) is 9.81. The van der Waals surface area contributed by atoms with E-state index in [1.54, 1.807) is 32.0 Å². The molecule has 52 heavy (non-hydrogen) atoms. The molecule has 5 saturated carbocycles. The summed E-state index contributed by atoms with van der Waals surface area (Å²) in [5, 5.41) is 22.7. The molecule has 0 aromatic heterocycles. The number of amides is 1. The van der Waals surface area contributed by atoms with Gasteiger partial charge in [-0.15, -0.1) is 0 Å². The number of rotatable bonds is 9. The predicted molar refractivity (Wildman–Crippen MR) is 200 cm³/mol. The van der Waals surface area contributed by atoms with Crippen LogP contribution in [0.3, 0.4) is 0 Å². The Morgan fingerprint density at radius 2 is 1.54 bits per heavy atom. The molecule has 1 amide bonds. The second-order valence-electron chi connectivity index (χ2n) is 20.1. The minimum Gasteiger partial charge on any atom is -0.481 e. The van der Waals surface area contributed by atoms with E-state index in [1.165, 1.54) is 0 Å². The largest absolute Gasteiger partial charge is 0.481 e. The molecular formula is C44H65NO7. The van der Waals surface area contributed by atoms with Gasteiger partial charge in [-0.05, 0) is 141 Å². The molecule has 10 atom stereocenters. The molecule has 3 N–H and O–H groups in total. The van der Waals surface area contributed by atoms with E-state index >= 15 is 0 Å². The van der Waals surface area contributed by atoms with Crippen molar-refractivity contribution < 1.29 is 34.1 Å². The number of nitrogens with one attached hydrogen (secondary N) is 1. The predicted octanol–water partition coefficient (Wildman–Crippen LogP) is 9.15. The Morgan fingerprint density at radius 1 is 0.846 bits per heavy atom. The van der Waals surface area contributed by atoms with Crippen LogP contribution in [0, 0.1) is 68.0 Å². The van der Waals surface area contributed by atoms with Crippen LogP contribution in [0.25, 0.3) is 0 Å². The second-order valence-corrected chi connectivity index (χ2v) is 20.1. The summed E-state index contributed by atoms with van der Waals surface area (Å²) in [4.78, 5) is 51.3. The summed E-state index contributed by atoms with van der Waals surface area (Å²) in [7, 11) is 0. The summed E-state index contributed by atoms with van der Waals surface area (Å²) < 4.78 is 6.17. The maximum atomic E-state index is 14.6. The lowest BCUT2D eigenvalue weighted by Crippen LogP contribution is -2.67. The molecule has 5 aliphatic rings. The summed E-state index contributed by atoms with van der Waals surface area (Å²) in [6, 6.07) is 6.98. The van der Waals surface area contributed by atoms with Crippen molar-refractivity contribution in [3.05, 3.63) is 35.4 Å². The number of aliphatic carboxylic acids is 1. The Bertz CT molecular complexity index is 1600. The Labute approximate surface area is 311 Å². The van der Waals surface area contributed by atoms with E-state index in [0.29, 0.717) is 41.1 Å². The van der Waals surface area contributed by atoms with Crippen molar-refractivity contribution in [2.75, 3.05) is 0 Å². The molecule has 6 rings (SSSR count). The SMILES string of the molecule is CC(C)[C@@H]1CC[C@]2(C(=O)NCc3ccccc3C(=O)O)CC[C@]3(C)[C@H](CC[C@@H]4[C@@]5(C)CC[C@H](OC(=O)CC(C)(C)C(=O)O)C(C)(C)[C@@H]5CC[C@]43C)[C@@H]12. The molecule has 8 heteroatoms. The Morgan fingerprint density at radius 3 is 2.19 bits per heavy atom. The molecule has 5 fully saturated rings. The molecule has 0 spiro atoms. The lowest BCUT2D eigenvalue weighted by molar-refractivity contribution is -0.250. The molecule has 0 unspecified atom stereocenters. The van der Waals surface area contributed by atoms with Crippen LogP contribution in [0.5, 0.6) is 0 Å². The smallest absolute Gasteiger partial charge is 0.336 e. The molecule has 1 aromatic rings. The number of fused-ring (bicyclic) bond motifs is 7. The van der Waals surface area contributed by atoms with Crippen molar-refractivity contribution in [3.63, 3.8) is 0 Å². The van der Waals surface area contributed by atoms with Crippen LogP contribution in [0.2, 0.25) is 0 Å². The first-order valence-corrected chi connectivity index (χ1v) is 20.2. The van der Waals surface area contributed by atoms with E-state index in [9.17, 15) is 29.4 Å². The Balaban J connectivity index is 1.25. The molecule has 0 bridgehead atoms. The highest BCUT2D eigenvalue weighted by molar-refractivity contribution is 5.90. The molecule has 0 radical (unpaired) electrons. The van der Waals surface area contributed by atoms with E-state index in [4.69, 9.17) is 4.74 Å². The number of carbonyl (C=O) groups is 4. The monoisotopic (exact) mass is 719 g/mol. The zero-order valence-electron chi connectivity index (χ0n) is 33.3.